The molecule has 0 saturated heterocycles. The number of halogens is 1. The van der Waals surface area contributed by atoms with Gasteiger partial charge in [0, 0.05) is 10.5 Å². The average molecular weight is 263 g/mol. The number of hydrogen-bond donors (Lipinski definition) is 2. The second-order valence-corrected chi connectivity index (χ2v) is 3.89. The highest BCUT2D eigenvalue weighted by molar-refractivity contribution is 9.10. The summed E-state index contributed by atoms with van der Waals surface area (Å²) in [6.45, 7) is 0. The Morgan fingerprint density at radius 3 is 2.67 bits per heavy atom. The molecule has 0 aliphatic heterocycles. The molecule has 0 amide bonds. The quantitative estimate of drug-likeness (QED) is 0.810. The van der Waals surface area contributed by atoms with Crippen LogP contribution in [0.4, 0.5) is 11.4 Å². The van der Waals surface area contributed by atoms with Crippen LogP contribution in [0.15, 0.2) is 46.9 Å². The van der Waals surface area contributed by atoms with E-state index in [4.69, 9.17) is 0 Å². The van der Waals surface area contributed by atoms with Crippen molar-refractivity contribution in [3.8, 4) is 5.75 Å². The molecule has 0 atom stereocenters. The van der Waals surface area contributed by atoms with Gasteiger partial charge in [-0.05, 0) is 34.1 Å². The molecule has 0 unspecified atom stereocenters. The van der Waals surface area contributed by atoms with Crippen LogP contribution >= 0.6 is 15.9 Å². The highest BCUT2D eigenvalue weighted by atomic mass is 79.9. The van der Waals surface area contributed by atoms with E-state index >= 15 is 0 Å². The van der Waals surface area contributed by atoms with Crippen LogP contribution in [-0.4, -0.2) is 5.11 Å². The Balaban J connectivity index is 2.30. The standard InChI is InChI=1S/C12H9BrNO/c13-9-5-1-2-6-10(9)14-11-7-3-4-8-12(11)15/h1-5,7-8,14-15H. The lowest BCUT2D eigenvalue weighted by Gasteiger charge is -2.08. The molecule has 2 N–H and O–H groups in total. The summed E-state index contributed by atoms with van der Waals surface area (Å²) in [4.78, 5) is 0. The fraction of sp³-hybridized carbons (Fsp3) is 0. The number of benzene rings is 2. The summed E-state index contributed by atoms with van der Waals surface area (Å²) >= 11 is 3.40. The Kier molecular flexibility index (Phi) is 2.92. The molecule has 0 heterocycles. The van der Waals surface area contributed by atoms with Gasteiger partial charge in [-0.1, -0.05) is 24.3 Å². The Morgan fingerprint density at radius 2 is 1.93 bits per heavy atom. The molecular formula is C12H9BrNO. The maximum atomic E-state index is 9.57. The number of phenolic OH excluding ortho intramolecular Hbond substituents is 1. The van der Waals surface area contributed by atoms with Crippen LogP contribution in [0.1, 0.15) is 0 Å². The minimum Gasteiger partial charge on any atom is -0.506 e. The van der Waals surface area contributed by atoms with Crippen LogP contribution in [0.25, 0.3) is 0 Å². The van der Waals surface area contributed by atoms with Crippen molar-refractivity contribution in [1.29, 1.82) is 0 Å². The van der Waals surface area contributed by atoms with Crippen LogP contribution in [0, 0.1) is 6.07 Å². The minimum atomic E-state index is 0.224. The molecule has 0 saturated carbocycles. The number of nitrogens with one attached hydrogen (secondary N) is 1. The average Bonchev–Trinajstić information content (AvgIpc) is 2.24. The fourth-order valence-electron chi connectivity index (χ4n) is 1.23. The van der Waals surface area contributed by atoms with Gasteiger partial charge in [-0.2, -0.15) is 0 Å². The first kappa shape index (κ1) is 10.1. The van der Waals surface area contributed by atoms with Crippen LogP contribution in [0.2, 0.25) is 0 Å². The Labute approximate surface area is 96.7 Å². The molecule has 0 spiro atoms. The molecule has 1 radical (unpaired) electrons. The van der Waals surface area contributed by atoms with Gasteiger partial charge in [-0.25, -0.2) is 0 Å². The first-order valence-electron chi connectivity index (χ1n) is 4.48. The highest BCUT2D eigenvalue weighted by Gasteiger charge is 2.02. The number of phenols is 1. The second kappa shape index (κ2) is 4.36. The zero-order chi connectivity index (χ0) is 10.7. The third kappa shape index (κ3) is 2.30. The van der Waals surface area contributed by atoms with Crippen LogP contribution in [0.5, 0.6) is 5.75 Å². The molecule has 0 bridgehead atoms. The van der Waals surface area contributed by atoms with E-state index < -0.39 is 0 Å². The van der Waals surface area contributed by atoms with Crippen molar-refractivity contribution in [3.63, 3.8) is 0 Å². The molecule has 0 aromatic heterocycles. The van der Waals surface area contributed by atoms with E-state index in [1.807, 2.05) is 30.3 Å². The van der Waals surface area contributed by atoms with E-state index in [1.165, 1.54) is 0 Å². The lowest BCUT2D eigenvalue weighted by Crippen LogP contribution is -1.91. The third-order valence-electron chi connectivity index (χ3n) is 1.97. The summed E-state index contributed by atoms with van der Waals surface area (Å²) < 4.78 is 0.910. The number of aromatic hydroxyl groups is 1. The lowest BCUT2D eigenvalue weighted by molar-refractivity contribution is 0.478. The van der Waals surface area contributed by atoms with Gasteiger partial charge in [0.1, 0.15) is 5.75 Å². The summed E-state index contributed by atoms with van der Waals surface area (Å²) in [5, 5.41) is 12.7. The maximum absolute atomic E-state index is 9.57. The summed E-state index contributed by atoms with van der Waals surface area (Å²) in [5.74, 6) is 0.224. The molecule has 2 aromatic rings. The molecular weight excluding hydrogens is 254 g/mol. The molecule has 2 nitrogen and oxygen atoms in total. The SMILES string of the molecule is Oc1ccccc1Nc1[c]cccc1Br. The molecule has 2 aromatic carbocycles. The largest absolute Gasteiger partial charge is 0.506 e. The molecule has 75 valence electrons. The van der Waals surface area contributed by atoms with Crippen LogP contribution < -0.4 is 5.32 Å². The Hall–Kier alpha value is -1.48. The summed E-state index contributed by atoms with van der Waals surface area (Å²) in [5.41, 5.74) is 1.47. The fourth-order valence-corrected chi connectivity index (χ4v) is 1.59. The first-order chi connectivity index (χ1) is 7.27. The maximum Gasteiger partial charge on any atom is 0.139 e. The molecule has 0 aliphatic rings. The smallest absolute Gasteiger partial charge is 0.139 e. The van der Waals surface area contributed by atoms with Crippen molar-refractivity contribution in [1.82, 2.24) is 0 Å². The third-order valence-corrected chi connectivity index (χ3v) is 2.63. The predicted molar refractivity (Wildman–Crippen MR) is 64.4 cm³/mol. The zero-order valence-electron chi connectivity index (χ0n) is 7.87. The zero-order valence-corrected chi connectivity index (χ0v) is 9.45. The molecule has 0 fully saturated rings. The van der Waals surface area contributed by atoms with Gasteiger partial charge in [0.25, 0.3) is 0 Å². The number of rotatable bonds is 2. The topological polar surface area (TPSA) is 32.3 Å². The Morgan fingerprint density at radius 1 is 1.13 bits per heavy atom. The van der Waals surface area contributed by atoms with Crippen LogP contribution in [0.3, 0.4) is 0 Å². The van der Waals surface area contributed by atoms with Crippen molar-refractivity contribution in [2.45, 2.75) is 0 Å². The normalized spacial score (nSPS) is 9.93. The lowest BCUT2D eigenvalue weighted by atomic mass is 10.2. The molecule has 2 rings (SSSR count). The second-order valence-electron chi connectivity index (χ2n) is 3.04. The van der Waals surface area contributed by atoms with Crippen molar-refractivity contribution >= 4 is 27.3 Å². The van der Waals surface area contributed by atoms with Crippen molar-refractivity contribution < 1.29 is 5.11 Å². The first-order valence-corrected chi connectivity index (χ1v) is 5.28. The summed E-state index contributed by atoms with van der Waals surface area (Å²) in [6, 6.07) is 15.7. The van der Waals surface area contributed by atoms with Crippen molar-refractivity contribution in [2.24, 2.45) is 0 Å². The van der Waals surface area contributed by atoms with Gasteiger partial charge in [-0.3, -0.25) is 0 Å². The minimum absolute atomic E-state index is 0.224. The van der Waals surface area contributed by atoms with Crippen molar-refractivity contribution in [3.05, 3.63) is 53.0 Å². The predicted octanol–water partition coefficient (Wildman–Crippen LogP) is 3.70. The van der Waals surface area contributed by atoms with Gasteiger partial charge in [-0.15, -0.1) is 0 Å². The van der Waals surface area contributed by atoms with Gasteiger partial charge < -0.3 is 10.4 Å². The van der Waals surface area contributed by atoms with Crippen LogP contribution in [-0.2, 0) is 0 Å². The number of hydrogen-bond acceptors (Lipinski definition) is 2. The number of anilines is 2. The molecule has 0 aliphatic carbocycles. The van der Waals surface area contributed by atoms with E-state index in [2.05, 4.69) is 27.3 Å². The van der Waals surface area contributed by atoms with Gasteiger partial charge in [0.05, 0.1) is 11.4 Å². The van der Waals surface area contributed by atoms with E-state index in [1.54, 1.807) is 12.1 Å². The summed E-state index contributed by atoms with van der Waals surface area (Å²) in [6.07, 6.45) is 0. The summed E-state index contributed by atoms with van der Waals surface area (Å²) in [7, 11) is 0. The van der Waals surface area contributed by atoms with E-state index in [0.717, 1.165) is 10.2 Å². The van der Waals surface area contributed by atoms with E-state index in [-0.39, 0.29) is 5.75 Å². The number of para-hydroxylation sites is 3. The van der Waals surface area contributed by atoms with Gasteiger partial charge in [0.2, 0.25) is 0 Å². The highest BCUT2D eigenvalue weighted by Crippen LogP contribution is 2.29. The van der Waals surface area contributed by atoms with Gasteiger partial charge in [0.15, 0.2) is 0 Å². The molecule has 15 heavy (non-hydrogen) atoms. The molecule has 3 heteroatoms. The Bertz CT molecular complexity index is 427. The van der Waals surface area contributed by atoms with E-state index in [0.29, 0.717) is 5.69 Å². The van der Waals surface area contributed by atoms with Gasteiger partial charge >= 0.3 is 0 Å². The monoisotopic (exact) mass is 262 g/mol. The van der Waals surface area contributed by atoms with Crippen molar-refractivity contribution in [2.75, 3.05) is 5.32 Å². The van der Waals surface area contributed by atoms with E-state index in [9.17, 15) is 5.11 Å².